The van der Waals surface area contributed by atoms with Gasteiger partial charge in [0.05, 0.1) is 34.6 Å². The van der Waals surface area contributed by atoms with Crippen LogP contribution in [-0.2, 0) is 6.18 Å². The first-order valence-electron chi connectivity index (χ1n) is 9.51. The van der Waals surface area contributed by atoms with Crippen molar-refractivity contribution in [1.29, 1.82) is 0 Å². The number of pyridine rings is 1. The maximum atomic E-state index is 13.6. The number of ether oxygens (including phenoxy) is 2. The Bertz CT molecular complexity index is 1250. The molecule has 0 bridgehead atoms. The van der Waals surface area contributed by atoms with Crippen LogP contribution in [-0.4, -0.2) is 31.0 Å². The summed E-state index contributed by atoms with van der Waals surface area (Å²) in [7, 11) is 2.63. The number of rotatable bonds is 7. The Morgan fingerprint density at radius 3 is 2.35 bits per heavy atom. The summed E-state index contributed by atoms with van der Waals surface area (Å²) in [6.07, 6.45) is -3.44. The van der Waals surface area contributed by atoms with Crippen molar-refractivity contribution in [3.63, 3.8) is 0 Å². The van der Waals surface area contributed by atoms with Crippen molar-refractivity contribution in [3.8, 4) is 17.2 Å². The number of methoxy groups -OCH3 is 1. The summed E-state index contributed by atoms with van der Waals surface area (Å²) >= 11 is 6.26. The molecule has 2 aromatic carbocycles. The van der Waals surface area contributed by atoms with Crippen LogP contribution in [0.1, 0.15) is 26.4 Å². The zero-order valence-electron chi connectivity index (χ0n) is 17.7. The molecule has 12 heteroatoms. The van der Waals surface area contributed by atoms with Crippen LogP contribution in [0.3, 0.4) is 0 Å². The van der Waals surface area contributed by atoms with Gasteiger partial charge in [0.15, 0.2) is 0 Å². The van der Waals surface area contributed by atoms with E-state index in [9.17, 15) is 22.8 Å². The molecule has 0 aliphatic carbocycles. The first kappa shape index (κ1) is 24.6. The van der Waals surface area contributed by atoms with Gasteiger partial charge < -0.3 is 20.1 Å². The van der Waals surface area contributed by atoms with Crippen LogP contribution in [0.5, 0.6) is 17.2 Å². The van der Waals surface area contributed by atoms with E-state index in [1.54, 1.807) is 0 Å². The van der Waals surface area contributed by atoms with Crippen LogP contribution in [0.4, 0.5) is 24.5 Å². The molecule has 0 fully saturated rings. The molecule has 3 rings (SSSR count). The van der Waals surface area contributed by atoms with Gasteiger partial charge in [-0.1, -0.05) is 11.6 Å². The van der Waals surface area contributed by atoms with Crippen molar-refractivity contribution in [2.45, 2.75) is 6.18 Å². The summed E-state index contributed by atoms with van der Waals surface area (Å²) in [6.45, 7) is 0. The highest BCUT2D eigenvalue weighted by Crippen LogP contribution is 2.41. The number of hydrogen-bond acceptors (Lipinski definition) is 6. The molecule has 1 heterocycles. The second-order valence-electron chi connectivity index (χ2n) is 6.75. The first-order valence-corrected chi connectivity index (χ1v) is 9.89. The standard InChI is InChI=1S/C22H17ClF3N4O4/c1-28-21(32)18-8-12(5-6-29-18)34-11-3-4-16(15(23)7-11)30-17-10-19(33-2)13(20(27)31)9-14(17)22(24,25)26/h3-10,27,30H,1-2H3,(H,28,32). The van der Waals surface area contributed by atoms with Gasteiger partial charge in [-0.15, -0.1) is 0 Å². The lowest BCUT2D eigenvalue weighted by Crippen LogP contribution is -2.18. The van der Waals surface area contributed by atoms with Crippen LogP contribution in [0.25, 0.3) is 0 Å². The van der Waals surface area contributed by atoms with Crippen LogP contribution in [0.15, 0.2) is 48.7 Å². The number of aromatic nitrogens is 1. The summed E-state index contributed by atoms with van der Waals surface area (Å²) in [6, 6.07) is 8.68. The van der Waals surface area contributed by atoms with Crippen LogP contribution in [0, 0.1) is 0 Å². The topological polar surface area (TPSA) is 113 Å². The molecule has 1 radical (unpaired) electrons. The number of amides is 2. The minimum Gasteiger partial charge on any atom is -0.496 e. The highest BCUT2D eigenvalue weighted by atomic mass is 35.5. The number of nitrogens with zero attached hydrogens (tertiary/aromatic N) is 1. The molecule has 0 atom stereocenters. The number of anilines is 2. The molecule has 3 aromatic rings. The Morgan fingerprint density at radius 1 is 1.06 bits per heavy atom. The SMILES string of the molecule is CNC(=O)c1cc(Oc2ccc(Nc3cc(OC)c(C([NH])=O)cc3C(F)(F)F)c(Cl)c2)ccn1. The summed E-state index contributed by atoms with van der Waals surface area (Å²) < 4.78 is 51.5. The Hall–Kier alpha value is -3.99. The van der Waals surface area contributed by atoms with E-state index in [0.29, 0.717) is 11.8 Å². The van der Waals surface area contributed by atoms with Gasteiger partial charge in [-0.2, -0.15) is 13.2 Å². The maximum Gasteiger partial charge on any atom is 0.418 e. The summed E-state index contributed by atoms with van der Waals surface area (Å²) in [5.74, 6) is -1.36. The van der Waals surface area contributed by atoms with Gasteiger partial charge >= 0.3 is 6.18 Å². The van der Waals surface area contributed by atoms with Crippen molar-refractivity contribution in [2.24, 2.45) is 0 Å². The fraction of sp³-hybridized carbons (Fsp3) is 0.136. The van der Waals surface area contributed by atoms with E-state index in [0.717, 1.165) is 6.07 Å². The van der Waals surface area contributed by atoms with E-state index in [-0.39, 0.29) is 27.9 Å². The number of alkyl halides is 3. The molecule has 1 aromatic heterocycles. The Morgan fingerprint density at radius 2 is 1.76 bits per heavy atom. The average Bonchev–Trinajstić information content (AvgIpc) is 2.79. The van der Waals surface area contributed by atoms with E-state index < -0.39 is 34.8 Å². The Balaban J connectivity index is 1.92. The van der Waals surface area contributed by atoms with E-state index in [4.69, 9.17) is 26.8 Å². The van der Waals surface area contributed by atoms with Crippen LogP contribution < -0.4 is 25.8 Å². The smallest absolute Gasteiger partial charge is 0.418 e. The maximum absolute atomic E-state index is 13.6. The summed E-state index contributed by atoms with van der Waals surface area (Å²) in [5, 5.41) is 5.06. The van der Waals surface area contributed by atoms with E-state index in [1.165, 1.54) is 50.7 Å². The van der Waals surface area contributed by atoms with Gasteiger partial charge in [0.25, 0.3) is 11.8 Å². The van der Waals surface area contributed by atoms with E-state index >= 15 is 0 Å². The fourth-order valence-electron chi connectivity index (χ4n) is 2.93. The van der Waals surface area contributed by atoms with Crippen LogP contribution >= 0.6 is 11.6 Å². The van der Waals surface area contributed by atoms with Crippen molar-refractivity contribution >= 4 is 34.8 Å². The molecular formula is C22H17ClF3N4O4. The van der Waals surface area contributed by atoms with Crippen LogP contribution in [0.2, 0.25) is 5.02 Å². The number of carbonyl (C=O) groups excluding carboxylic acids is 2. The number of benzene rings is 2. The second kappa shape index (κ2) is 9.87. The van der Waals surface area contributed by atoms with Gasteiger partial charge in [0.1, 0.15) is 22.9 Å². The van der Waals surface area contributed by atoms with Crippen molar-refractivity contribution in [1.82, 2.24) is 16.0 Å². The van der Waals surface area contributed by atoms with E-state index in [2.05, 4.69) is 15.6 Å². The highest BCUT2D eigenvalue weighted by molar-refractivity contribution is 6.33. The largest absolute Gasteiger partial charge is 0.496 e. The predicted octanol–water partition coefficient (Wildman–Crippen LogP) is 5.08. The van der Waals surface area contributed by atoms with Crippen molar-refractivity contribution in [3.05, 3.63) is 70.5 Å². The molecule has 0 unspecified atom stereocenters. The molecule has 0 spiro atoms. The number of nitrogens with one attached hydrogen (secondary N) is 3. The normalized spacial score (nSPS) is 11.0. The monoisotopic (exact) mass is 493 g/mol. The molecule has 8 nitrogen and oxygen atoms in total. The fourth-order valence-corrected chi connectivity index (χ4v) is 3.15. The molecule has 0 saturated carbocycles. The highest BCUT2D eigenvalue weighted by Gasteiger charge is 2.35. The number of halogens is 4. The van der Waals surface area contributed by atoms with Gasteiger partial charge in [-0.3, -0.25) is 20.3 Å². The Kier molecular flexibility index (Phi) is 7.16. The van der Waals surface area contributed by atoms with Gasteiger partial charge in [0.2, 0.25) is 0 Å². The molecule has 0 saturated heterocycles. The molecule has 3 N–H and O–H groups in total. The molecule has 0 aliphatic rings. The molecular weight excluding hydrogens is 477 g/mol. The Labute approximate surface area is 196 Å². The zero-order chi connectivity index (χ0) is 25.0. The van der Waals surface area contributed by atoms with Crippen molar-refractivity contribution < 1.29 is 32.2 Å². The lowest BCUT2D eigenvalue weighted by atomic mass is 10.1. The minimum absolute atomic E-state index is 0.0332. The molecule has 177 valence electrons. The van der Waals surface area contributed by atoms with Gasteiger partial charge in [0, 0.05) is 31.4 Å². The van der Waals surface area contributed by atoms with Crippen molar-refractivity contribution in [2.75, 3.05) is 19.5 Å². The third-order valence-corrected chi connectivity index (χ3v) is 4.84. The zero-order valence-corrected chi connectivity index (χ0v) is 18.5. The third-order valence-electron chi connectivity index (χ3n) is 4.53. The molecule has 34 heavy (non-hydrogen) atoms. The third kappa shape index (κ3) is 5.49. The minimum atomic E-state index is -4.82. The quantitative estimate of drug-likeness (QED) is 0.474. The predicted molar refractivity (Wildman–Crippen MR) is 118 cm³/mol. The number of hydrogen-bond donors (Lipinski definition) is 2. The lowest BCUT2D eigenvalue weighted by molar-refractivity contribution is -0.136. The van der Waals surface area contributed by atoms with E-state index in [1.807, 2.05) is 0 Å². The second-order valence-corrected chi connectivity index (χ2v) is 7.16. The summed E-state index contributed by atoms with van der Waals surface area (Å²) in [4.78, 5) is 27.1. The lowest BCUT2D eigenvalue weighted by Gasteiger charge is -2.18. The molecule has 2 amide bonds. The van der Waals surface area contributed by atoms with Gasteiger partial charge in [-0.05, 0) is 24.3 Å². The number of carbonyl (C=O) groups is 2. The summed E-state index contributed by atoms with van der Waals surface area (Å²) in [5.41, 5.74) is 5.32. The average molecular weight is 494 g/mol. The molecule has 0 aliphatic heterocycles. The first-order chi connectivity index (χ1) is 16.0. The van der Waals surface area contributed by atoms with Gasteiger partial charge in [-0.25, -0.2) is 0 Å².